The highest BCUT2D eigenvalue weighted by Crippen LogP contribution is 2.35. The summed E-state index contributed by atoms with van der Waals surface area (Å²) in [6.45, 7) is 0.888. The number of methoxy groups -OCH3 is 1. The van der Waals surface area contributed by atoms with Crippen LogP contribution in [-0.4, -0.2) is 13.7 Å². The molecular weight excluding hydrogens is 379 g/mol. The topological polar surface area (TPSA) is 70.5 Å². The van der Waals surface area contributed by atoms with Gasteiger partial charge in [-0.15, -0.1) is 0 Å². The summed E-state index contributed by atoms with van der Waals surface area (Å²) in [5.74, 6) is 1.41. The molecule has 0 saturated carbocycles. The fourth-order valence-electron chi connectivity index (χ4n) is 1.96. The van der Waals surface area contributed by atoms with Crippen molar-refractivity contribution in [2.45, 2.75) is 12.6 Å². The Bertz CT molecular complexity index is 590. The van der Waals surface area contributed by atoms with E-state index in [1.165, 1.54) is 0 Å². The van der Waals surface area contributed by atoms with Gasteiger partial charge in [-0.3, -0.25) is 0 Å². The number of benzene rings is 2. The van der Waals surface area contributed by atoms with Gasteiger partial charge in [-0.2, -0.15) is 0 Å². The van der Waals surface area contributed by atoms with Crippen LogP contribution in [0.5, 0.6) is 11.5 Å². The molecule has 0 amide bonds. The number of halogens is 1. The predicted molar refractivity (Wildman–Crippen MR) is 92.5 cm³/mol. The first-order valence-electron chi connectivity index (χ1n) is 6.65. The van der Waals surface area contributed by atoms with Crippen molar-refractivity contribution in [3.63, 3.8) is 0 Å². The minimum absolute atomic E-state index is 0.199. The second-order valence-corrected chi connectivity index (χ2v) is 5.81. The zero-order valence-electron chi connectivity index (χ0n) is 11.9. The van der Waals surface area contributed by atoms with Gasteiger partial charge >= 0.3 is 0 Å². The lowest BCUT2D eigenvalue weighted by Crippen LogP contribution is -2.21. The van der Waals surface area contributed by atoms with Gasteiger partial charge in [0.05, 0.1) is 10.7 Å². The van der Waals surface area contributed by atoms with Gasteiger partial charge in [0, 0.05) is 12.6 Å². The molecule has 21 heavy (non-hydrogen) atoms. The average molecular weight is 398 g/mol. The molecule has 0 heterocycles. The molecule has 1 atom stereocenters. The van der Waals surface area contributed by atoms with Crippen LogP contribution in [-0.2, 0) is 6.61 Å². The molecule has 2 aromatic rings. The molecule has 4 nitrogen and oxygen atoms in total. The summed E-state index contributed by atoms with van der Waals surface area (Å²) in [5, 5.41) is 0. The van der Waals surface area contributed by atoms with Crippen molar-refractivity contribution in [3.8, 4) is 11.5 Å². The Labute approximate surface area is 138 Å². The van der Waals surface area contributed by atoms with Gasteiger partial charge in [0.25, 0.3) is 0 Å². The van der Waals surface area contributed by atoms with Crippen LogP contribution in [0, 0.1) is 3.57 Å². The number of nitrogens with two attached hydrogens (primary N) is 2. The third kappa shape index (κ3) is 4.09. The van der Waals surface area contributed by atoms with Gasteiger partial charge in [0.1, 0.15) is 6.61 Å². The SMILES string of the molecule is COc1cc(C(N)CN)cc(I)c1OCc1ccccc1. The second kappa shape index (κ2) is 7.63. The molecule has 2 aromatic carbocycles. The van der Waals surface area contributed by atoms with E-state index in [1.54, 1.807) is 7.11 Å². The smallest absolute Gasteiger partial charge is 0.174 e. The van der Waals surface area contributed by atoms with Crippen LogP contribution in [0.3, 0.4) is 0 Å². The quantitative estimate of drug-likeness (QED) is 0.735. The summed E-state index contributed by atoms with van der Waals surface area (Å²) in [6.07, 6.45) is 0. The Hall–Kier alpha value is -1.31. The van der Waals surface area contributed by atoms with Gasteiger partial charge < -0.3 is 20.9 Å². The molecule has 1 unspecified atom stereocenters. The van der Waals surface area contributed by atoms with Crippen LogP contribution >= 0.6 is 22.6 Å². The van der Waals surface area contributed by atoms with Crippen LogP contribution in [0.1, 0.15) is 17.2 Å². The fraction of sp³-hybridized carbons (Fsp3) is 0.250. The van der Waals surface area contributed by atoms with Crippen molar-refractivity contribution in [1.82, 2.24) is 0 Å². The first kappa shape index (κ1) is 16.1. The lowest BCUT2D eigenvalue weighted by Gasteiger charge is -2.16. The average Bonchev–Trinajstić information content (AvgIpc) is 2.53. The third-order valence-corrected chi connectivity index (χ3v) is 3.96. The van der Waals surface area contributed by atoms with Crippen LogP contribution in [0.25, 0.3) is 0 Å². The molecule has 4 N–H and O–H groups in total. The highest BCUT2D eigenvalue weighted by atomic mass is 127. The summed E-state index contributed by atoms with van der Waals surface area (Å²) in [5.41, 5.74) is 13.7. The van der Waals surface area contributed by atoms with E-state index >= 15 is 0 Å². The minimum atomic E-state index is -0.199. The molecular formula is C16H19IN2O2. The summed E-state index contributed by atoms with van der Waals surface area (Å²) in [4.78, 5) is 0. The number of ether oxygens (including phenoxy) is 2. The minimum Gasteiger partial charge on any atom is -0.493 e. The van der Waals surface area contributed by atoms with Crippen molar-refractivity contribution in [1.29, 1.82) is 0 Å². The van der Waals surface area contributed by atoms with Crippen LogP contribution < -0.4 is 20.9 Å². The largest absolute Gasteiger partial charge is 0.493 e. The van der Waals surface area contributed by atoms with Crippen molar-refractivity contribution in [2.24, 2.45) is 11.5 Å². The van der Waals surface area contributed by atoms with E-state index in [1.807, 2.05) is 42.5 Å². The van der Waals surface area contributed by atoms with E-state index in [2.05, 4.69) is 22.6 Å². The van der Waals surface area contributed by atoms with Crippen LogP contribution in [0.4, 0.5) is 0 Å². The zero-order valence-corrected chi connectivity index (χ0v) is 14.0. The molecule has 0 radical (unpaired) electrons. The van der Waals surface area contributed by atoms with E-state index in [-0.39, 0.29) is 6.04 Å². The van der Waals surface area contributed by atoms with Gasteiger partial charge in [-0.1, -0.05) is 30.3 Å². The monoisotopic (exact) mass is 398 g/mol. The van der Waals surface area contributed by atoms with E-state index in [0.717, 1.165) is 20.4 Å². The Morgan fingerprint density at radius 1 is 1.19 bits per heavy atom. The normalized spacial score (nSPS) is 12.0. The maximum absolute atomic E-state index is 5.98. The predicted octanol–water partition coefficient (Wildman–Crippen LogP) is 2.84. The highest BCUT2D eigenvalue weighted by Gasteiger charge is 2.14. The molecule has 5 heteroatoms. The van der Waals surface area contributed by atoms with Crippen molar-refractivity contribution >= 4 is 22.6 Å². The first-order valence-corrected chi connectivity index (χ1v) is 7.73. The number of rotatable bonds is 6. The molecule has 0 fully saturated rings. The van der Waals surface area contributed by atoms with Gasteiger partial charge in [-0.05, 0) is 45.9 Å². The molecule has 0 bridgehead atoms. The van der Waals surface area contributed by atoms with Crippen molar-refractivity contribution in [2.75, 3.05) is 13.7 Å². The summed E-state index contributed by atoms with van der Waals surface area (Å²) in [6, 6.07) is 13.7. The maximum Gasteiger partial charge on any atom is 0.174 e. The molecule has 0 aliphatic heterocycles. The maximum atomic E-state index is 5.98. The van der Waals surface area contributed by atoms with Crippen LogP contribution in [0.15, 0.2) is 42.5 Å². The van der Waals surface area contributed by atoms with E-state index in [0.29, 0.717) is 18.9 Å². The van der Waals surface area contributed by atoms with Gasteiger partial charge in [0.2, 0.25) is 0 Å². The summed E-state index contributed by atoms with van der Waals surface area (Å²) in [7, 11) is 1.62. The molecule has 112 valence electrons. The summed E-state index contributed by atoms with van der Waals surface area (Å²) < 4.78 is 12.3. The molecule has 0 aliphatic carbocycles. The van der Waals surface area contributed by atoms with Crippen molar-refractivity contribution < 1.29 is 9.47 Å². The Morgan fingerprint density at radius 2 is 1.90 bits per heavy atom. The zero-order chi connectivity index (χ0) is 15.2. The molecule has 0 spiro atoms. The molecule has 2 rings (SSSR count). The lowest BCUT2D eigenvalue weighted by atomic mass is 10.1. The lowest BCUT2D eigenvalue weighted by molar-refractivity contribution is 0.282. The molecule has 0 aliphatic rings. The standard InChI is InChI=1S/C16H19IN2O2/c1-20-15-8-12(14(19)9-18)7-13(17)16(15)21-10-11-5-3-2-4-6-11/h2-8,14H,9-10,18-19H2,1H3. The second-order valence-electron chi connectivity index (χ2n) is 4.65. The van der Waals surface area contributed by atoms with Gasteiger partial charge in [0.15, 0.2) is 11.5 Å². The number of hydrogen-bond acceptors (Lipinski definition) is 4. The van der Waals surface area contributed by atoms with Gasteiger partial charge in [-0.25, -0.2) is 0 Å². The van der Waals surface area contributed by atoms with E-state index in [4.69, 9.17) is 20.9 Å². The molecule has 0 saturated heterocycles. The first-order chi connectivity index (χ1) is 10.2. The summed E-state index contributed by atoms with van der Waals surface area (Å²) >= 11 is 2.23. The Morgan fingerprint density at radius 3 is 2.52 bits per heavy atom. The Kier molecular flexibility index (Phi) is 5.84. The van der Waals surface area contributed by atoms with E-state index in [9.17, 15) is 0 Å². The van der Waals surface area contributed by atoms with E-state index < -0.39 is 0 Å². The number of hydrogen-bond donors (Lipinski definition) is 2. The highest BCUT2D eigenvalue weighted by molar-refractivity contribution is 14.1. The third-order valence-electron chi connectivity index (χ3n) is 3.16. The molecule has 0 aromatic heterocycles. The fourth-order valence-corrected chi connectivity index (χ4v) is 2.74. The van der Waals surface area contributed by atoms with Crippen LogP contribution in [0.2, 0.25) is 0 Å². The van der Waals surface area contributed by atoms with Crippen molar-refractivity contribution in [3.05, 3.63) is 57.2 Å². The Balaban J connectivity index is 2.22.